The average molecular weight is 390 g/mol. The molecule has 0 aliphatic heterocycles. The number of nitrogens with zero attached hydrogens (tertiary/aromatic N) is 2. The smallest absolute Gasteiger partial charge is 0.287 e. The number of hydrogen-bond donors (Lipinski definition) is 1. The molecule has 7 heteroatoms. The third-order valence-corrected chi connectivity index (χ3v) is 6.33. The quantitative estimate of drug-likeness (QED) is 0.586. The third kappa shape index (κ3) is 4.47. The monoisotopic (exact) mass is 389 g/mol. The fourth-order valence-corrected chi connectivity index (χ4v) is 4.43. The molecular formula is C19H23N3O2S2. The van der Waals surface area contributed by atoms with E-state index in [2.05, 4.69) is 22.1 Å². The summed E-state index contributed by atoms with van der Waals surface area (Å²) < 4.78 is 6.89. The maximum Gasteiger partial charge on any atom is 0.287 e. The lowest BCUT2D eigenvalue weighted by atomic mass is 10.1. The number of aryl methyl sites for hydroxylation is 1. The maximum atomic E-state index is 12.7. The summed E-state index contributed by atoms with van der Waals surface area (Å²) in [5.41, 5.74) is 2.70. The number of thioether (sulfide) groups is 1. The van der Waals surface area contributed by atoms with Gasteiger partial charge in [0.05, 0.1) is 0 Å². The number of fused-ring (bicyclic) bond motifs is 1. The van der Waals surface area contributed by atoms with Crippen molar-refractivity contribution in [3.63, 3.8) is 0 Å². The molecule has 1 aromatic carbocycles. The van der Waals surface area contributed by atoms with Gasteiger partial charge in [-0.1, -0.05) is 36.9 Å². The van der Waals surface area contributed by atoms with Gasteiger partial charge < -0.3 is 14.6 Å². The molecule has 0 aliphatic rings. The standard InChI is InChI=1S/C19H23N3O2S2/c1-4-22(3)10-9-20-18(23)17-15(12-26-19-21-13(2)11-25-19)14-7-5-6-8-16(14)24-17/h5-8,11H,4,9-10,12H2,1-3H3,(H,20,23). The molecule has 26 heavy (non-hydrogen) atoms. The highest BCUT2D eigenvalue weighted by Gasteiger charge is 2.20. The number of furan rings is 1. The Hall–Kier alpha value is -1.83. The minimum Gasteiger partial charge on any atom is -0.451 e. The van der Waals surface area contributed by atoms with Gasteiger partial charge in [0.2, 0.25) is 0 Å². The van der Waals surface area contributed by atoms with Crippen molar-refractivity contribution in [2.24, 2.45) is 0 Å². The number of nitrogens with one attached hydrogen (secondary N) is 1. The number of amides is 1. The number of aromatic nitrogens is 1. The van der Waals surface area contributed by atoms with Crippen LogP contribution in [0.4, 0.5) is 0 Å². The van der Waals surface area contributed by atoms with Gasteiger partial charge in [-0.05, 0) is 26.6 Å². The molecule has 0 spiro atoms. The van der Waals surface area contributed by atoms with Crippen LogP contribution in [-0.4, -0.2) is 42.5 Å². The Balaban J connectivity index is 1.78. The van der Waals surface area contributed by atoms with Crippen LogP contribution in [-0.2, 0) is 5.75 Å². The molecule has 0 aliphatic carbocycles. The molecule has 3 rings (SSSR count). The van der Waals surface area contributed by atoms with Crippen LogP contribution < -0.4 is 5.32 Å². The van der Waals surface area contributed by atoms with Crippen LogP contribution in [0.5, 0.6) is 0 Å². The number of carbonyl (C=O) groups excluding carboxylic acids is 1. The number of hydrogen-bond acceptors (Lipinski definition) is 6. The third-order valence-electron chi connectivity index (χ3n) is 4.16. The number of likely N-dealkylation sites (N-methyl/N-ethyl adjacent to an activating group) is 1. The van der Waals surface area contributed by atoms with E-state index in [1.54, 1.807) is 23.1 Å². The van der Waals surface area contributed by atoms with Crippen molar-refractivity contribution in [2.75, 3.05) is 26.7 Å². The second-order valence-corrected chi connectivity index (χ2v) is 8.18. The Bertz CT molecular complexity index is 888. The molecule has 3 aromatic rings. The Morgan fingerprint density at radius 1 is 1.38 bits per heavy atom. The summed E-state index contributed by atoms with van der Waals surface area (Å²) in [5.74, 6) is 0.907. The van der Waals surface area contributed by atoms with E-state index in [1.807, 2.05) is 43.6 Å². The molecule has 138 valence electrons. The minimum absolute atomic E-state index is 0.156. The Labute approximate surface area is 161 Å². The number of carbonyl (C=O) groups is 1. The molecule has 2 heterocycles. The van der Waals surface area contributed by atoms with Crippen LogP contribution in [0.2, 0.25) is 0 Å². The first-order valence-corrected chi connectivity index (χ1v) is 10.5. The molecule has 0 radical (unpaired) electrons. The molecule has 1 N–H and O–H groups in total. The largest absolute Gasteiger partial charge is 0.451 e. The van der Waals surface area contributed by atoms with E-state index in [0.717, 1.165) is 39.7 Å². The van der Waals surface area contributed by atoms with E-state index in [-0.39, 0.29) is 5.91 Å². The van der Waals surface area contributed by atoms with Gasteiger partial charge in [-0.2, -0.15) is 0 Å². The summed E-state index contributed by atoms with van der Waals surface area (Å²) in [6.45, 7) is 6.44. The molecule has 0 unspecified atom stereocenters. The lowest BCUT2D eigenvalue weighted by Crippen LogP contribution is -2.33. The number of thiazole rings is 1. The van der Waals surface area contributed by atoms with Crippen LogP contribution in [0.1, 0.15) is 28.7 Å². The lowest BCUT2D eigenvalue weighted by Gasteiger charge is -2.13. The predicted molar refractivity (Wildman–Crippen MR) is 108 cm³/mol. The first-order valence-electron chi connectivity index (χ1n) is 8.60. The highest BCUT2D eigenvalue weighted by atomic mass is 32.2. The van der Waals surface area contributed by atoms with E-state index in [9.17, 15) is 4.79 Å². The van der Waals surface area contributed by atoms with Crippen LogP contribution in [0.3, 0.4) is 0 Å². The fraction of sp³-hybridized carbons (Fsp3) is 0.368. The summed E-state index contributed by atoms with van der Waals surface area (Å²) >= 11 is 3.26. The minimum atomic E-state index is -0.156. The van der Waals surface area contributed by atoms with Crippen LogP contribution in [0.15, 0.2) is 38.4 Å². The normalized spacial score (nSPS) is 11.4. The first-order chi connectivity index (χ1) is 12.6. The summed E-state index contributed by atoms with van der Waals surface area (Å²) in [5, 5.41) is 6.00. The van der Waals surface area contributed by atoms with Crippen LogP contribution in [0.25, 0.3) is 11.0 Å². The fourth-order valence-electron chi connectivity index (χ4n) is 2.56. The summed E-state index contributed by atoms with van der Waals surface area (Å²) in [6.07, 6.45) is 0. The van der Waals surface area contributed by atoms with E-state index in [1.165, 1.54) is 0 Å². The average Bonchev–Trinajstić information content (AvgIpc) is 3.23. The summed E-state index contributed by atoms with van der Waals surface area (Å²) in [7, 11) is 2.03. The Morgan fingerprint density at radius 2 is 2.19 bits per heavy atom. The van der Waals surface area contributed by atoms with Crippen molar-refractivity contribution in [3.05, 3.63) is 46.7 Å². The molecule has 1 amide bonds. The SMILES string of the molecule is CCN(C)CCNC(=O)c1oc2ccccc2c1CSc1nc(C)cs1. The molecule has 0 bridgehead atoms. The number of benzene rings is 1. The van der Waals surface area contributed by atoms with E-state index < -0.39 is 0 Å². The molecule has 5 nitrogen and oxygen atoms in total. The predicted octanol–water partition coefficient (Wildman–Crippen LogP) is 4.17. The summed E-state index contributed by atoms with van der Waals surface area (Å²) in [6, 6.07) is 7.80. The zero-order chi connectivity index (χ0) is 18.5. The van der Waals surface area contributed by atoms with E-state index in [4.69, 9.17) is 4.42 Å². The Morgan fingerprint density at radius 3 is 2.92 bits per heavy atom. The van der Waals surface area contributed by atoms with Gasteiger partial charge in [0.15, 0.2) is 5.76 Å². The van der Waals surface area contributed by atoms with Gasteiger partial charge in [-0.15, -0.1) is 11.3 Å². The molecule has 0 saturated carbocycles. The number of para-hydroxylation sites is 1. The van der Waals surface area contributed by atoms with Gasteiger partial charge in [-0.25, -0.2) is 4.98 Å². The second-order valence-electron chi connectivity index (χ2n) is 6.10. The first kappa shape index (κ1) is 18.9. The second kappa shape index (κ2) is 8.70. The highest BCUT2D eigenvalue weighted by molar-refractivity contribution is 8.00. The zero-order valence-corrected chi connectivity index (χ0v) is 16.9. The summed E-state index contributed by atoms with van der Waals surface area (Å²) in [4.78, 5) is 19.3. The maximum absolute atomic E-state index is 12.7. The van der Waals surface area contributed by atoms with Crippen molar-refractivity contribution < 1.29 is 9.21 Å². The van der Waals surface area contributed by atoms with Crippen LogP contribution >= 0.6 is 23.1 Å². The van der Waals surface area contributed by atoms with Crippen molar-refractivity contribution in [1.82, 2.24) is 15.2 Å². The Kier molecular flexibility index (Phi) is 6.34. The highest BCUT2D eigenvalue weighted by Crippen LogP contribution is 2.33. The molecule has 0 fully saturated rings. The van der Waals surface area contributed by atoms with Crippen molar-refractivity contribution in [2.45, 2.75) is 23.9 Å². The van der Waals surface area contributed by atoms with E-state index in [0.29, 0.717) is 18.1 Å². The van der Waals surface area contributed by atoms with Crippen molar-refractivity contribution >= 4 is 40.0 Å². The van der Waals surface area contributed by atoms with Gasteiger partial charge in [0, 0.05) is 40.9 Å². The molecule has 0 saturated heterocycles. The number of rotatable bonds is 8. The lowest BCUT2D eigenvalue weighted by molar-refractivity contribution is 0.0923. The van der Waals surface area contributed by atoms with E-state index >= 15 is 0 Å². The van der Waals surface area contributed by atoms with Crippen LogP contribution in [0, 0.1) is 6.92 Å². The molecular weight excluding hydrogens is 366 g/mol. The zero-order valence-electron chi connectivity index (χ0n) is 15.2. The van der Waals surface area contributed by atoms with Crippen molar-refractivity contribution in [1.29, 1.82) is 0 Å². The van der Waals surface area contributed by atoms with Gasteiger partial charge in [0.1, 0.15) is 9.92 Å². The van der Waals surface area contributed by atoms with Gasteiger partial charge in [0.25, 0.3) is 5.91 Å². The molecule has 0 atom stereocenters. The molecule has 2 aromatic heterocycles. The topological polar surface area (TPSA) is 58.4 Å². The van der Waals surface area contributed by atoms with Crippen molar-refractivity contribution in [3.8, 4) is 0 Å². The van der Waals surface area contributed by atoms with Gasteiger partial charge in [-0.3, -0.25) is 4.79 Å². The van der Waals surface area contributed by atoms with Gasteiger partial charge >= 0.3 is 0 Å².